The number of pyridine rings is 1. The number of hydrogen-bond acceptors (Lipinski definition) is 5. The first kappa shape index (κ1) is 14.5. The van der Waals surface area contributed by atoms with Crippen LogP contribution in [0.2, 0.25) is 5.02 Å². The average Bonchev–Trinajstić information content (AvgIpc) is 3.14. The molecule has 2 atom stereocenters. The molecule has 1 aliphatic carbocycles. The zero-order valence-corrected chi connectivity index (χ0v) is 12.8. The molecule has 0 radical (unpaired) electrons. The molecule has 0 aromatic carbocycles. The molecule has 1 saturated carbocycles. The van der Waals surface area contributed by atoms with Crippen LogP contribution in [0.1, 0.15) is 44.4 Å². The standard InChI is InChI=1S/C15H19ClN4O/c1-2-8-17-12-7-3-5-10(12)15-19-14(20-21-15)13-11(16)6-4-9-18-13/h4,6,9-10,12,17H,2-3,5,7-8H2,1H3. The number of nitrogens with one attached hydrogen (secondary N) is 1. The molecule has 0 amide bonds. The van der Waals surface area contributed by atoms with Gasteiger partial charge in [-0.25, -0.2) is 0 Å². The molecule has 2 aromatic rings. The molecule has 112 valence electrons. The number of rotatable bonds is 5. The molecular weight excluding hydrogens is 288 g/mol. The molecule has 0 saturated heterocycles. The first-order chi connectivity index (χ1) is 10.3. The summed E-state index contributed by atoms with van der Waals surface area (Å²) in [5.41, 5.74) is 0.574. The topological polar surface area (TPSA) is 63.8 Å². The van der Waals surface area contributed by atoms with E-state index in [2.05, 4.69) is 27.4 Å². The monoisotopic (exact) mass is 306 g/mol. The molecule has 0 spiro atoms. The number of aromatic nitrogens is 3. The highest BCUT2D eigenvalue weighted by atomic mass is 35.5. The summed E-state index contributed by atoms with van der Waals surface area (Å²) in [5, 5.41) is 8.16. The highest BCUT2D eigenvalue weighted by Gasteiger charge is 2.32. The average molecular weight is 307 g/mol. The van der Waals surface area contributed by atoms with E-state index in [-0.39, 0.29) is 0 Å². The Morgan fingerprint density at radius 1 is 1.43 bits per heavy atom. The SMILES string of the molecule is CCCNC1CCCC1c1nc(-c2ncccc2Cl)no1. The van der Waals surface area contributed by atoms with Crippen molar-refractivity contribution in [3.63, 3.8) is 0 Å². The van der Waals surface area contributed by atoms with Crippen molar-refractivity contribution >= 4 is 11.6 Å². The molecule has 1 aliphatic rings. The molecule has 2 unspecified atom stereocenters. The minimum absolute atomic E-state index is 0.292. The summed E-state index contributed by atoms with van der Waals surface area (Å²) in [7, 11) is 0. The maximum Gasteiger partial charge on any atom is 0.231 e. The summed E-state index contributed by atoms with van der Waals surface area (Å²) >= 11 is 6.13. The minimum Gasteiger partial charge on any atom is -0.339 e. The predicted molar refractivity (Wildman–Crippen MR) is 81.2 cm³/mol. The van der Waals surface area contributed by atoms with Gasteiger partial charge in [-0.05, 0) is 37.9 Å². The van der Waals surface area contributed by atoms with Gasteiger partial charge < -0.3 is 9.84 Å². The van der Waals surface area contributed by atoms with Gasteiger partial charge in [0.2, 0.25) is 11.7 Å². The van der Waals surface area contributed by atoms with E-state index in [1.54, 1.807) is 18.3 Å². The lowest BCUT2D eigenvalue weighted by Gasteiger charge is -2.17. The van der Waals surface area contributed by atoms with Gasteiger partial charge in [0.25, 0.3) is 0 Å². The zero-order valence-electron chi connectivity index (χ0n) is 12.1. The van der Waals surface area contributed by atoms with Crippen molar-refractivity contribution < 1.29 is 4.52 Å². The van der Waals surface area contributed by atoms with Crippen molar-refractivity contribution in [3.05, 3.63) is 29.2 Å². The van der Waals surface area contributed by atoms with Crippen LogP contribution in [-0.2, 0) is 0 Å². The molecule has 2 aromatic heterocycles. The van der Waals surface area contributed by atoms with Crippen molar-refractivity contribution in [1.29, 1.82) is 0 Å². The Morgan fingerprint density at radius 3 is 3.14 bits per heavy atom. The predicted octanol–water partition coefficient (Wildman–Crippen LogP) is 3.42. The molecule has 0 bridgehead atoms. The van der Waals surface area contributed by atoms with E-state index in [0.29, 0.717) is 34.4 Å². The summed E-state index contributed by atoms with van der Waals surface area (Å²) in [6.07, 6.45) is 6.24. The van der Waals surface area contributed by atoms with Gasteiger partial charge >= 0.3 is 0 Å². The smallest absolute Gasteiger partial charge is 0.231 e. The third-order valence-corrected chi connectivity index (χ3v) is 4.21. The Morgan fingerprint density at radius 2 is 2.33 bits per heavy atom. The van der Waals surface area contributed by atoms with E-state index >= 15 is 0 Å². The third kappa shape index (κ3) is 3.09. The third-order valence-electron chi connectivity index (χ3n) is 3.90. The molecular formula is C15H19ClN4O. The minimum atomic E-state index is 0.292. The van der Waals surface area contributed by atoms with Crippen LogP contribution in [0, 0.1) is 0 Å². The fourth-order valence-electron chi connectivity index (χ4n) is 2.86. The van der Waals surface area contributed by atoms with Crippen molar-refractivity contribution in [2.75, 3.05) is 6.54 Å². The molecule has 1 fully saturated rings. The quantitative estimate of drug-likeness (QED) is 0.917. The Kier molecular flexibility index (Phi) is 4.51. The van der Waals surface area contributed by atoms with Crippen molar-refractivity contribution in [2.24, 2.45) is 0 Å². The van der Waals surface area contributed by atoms with Gasteiger partial charge in [-0.15, -0.1) is 0 Å². The maximum atomic E-state index is 6.13. The summed E-state index contributed by atoms with van der Waals surface area (Å²) in [6, 6.07) is 3.99. The van der Waals surface area contributed by atoms with Crippen molar-refractivity contribution in [1.82, 2.24) is 20.4 Å². The summed E-state index contributed by atoms with van der Waals surface area (Å²) in [6.45, 7) is 3.19. The summed E-state index contributed by atoms with van der Waals surface area (Å²) < 4.78 is 5.47. The molecule has 1 N–H and O–H groups in total. The van der Waals surface area contributed by atoms with E-state index in [0.717, 1.165) is 25.8 Å². The van der Waals surface area contributed by atoms with Crippen LogP contribution in [0.3, 0.4) is 0 Å². The van der Waals surface area contributed by atoms with Crippen molar-refractivity contribution in [2.45, 2.75) is 44.6 Å². The number of hydrogen-bond donors (Lipinski definition) is 1. The number of halogens is 1. The molecule has 3 rings (SSSR count). The zero-order chi connectivity index (χ0) is 14.7. The van der Waals surface area contributed by atoms with E-state index in [4.69, 9.17) is 16.1 Å². The van der Waals surface area contributed by atoms with E-state index in [1.807, 2.05) is 0 Å². The van der Waals surface area contributed by atoms with Gasteiger partial charge in [-0.2, -0.15) is 4.98 Å². The van der Waals surface area contributed by atoms with Crippen LogP contribution in [0.25, 0.3) is 11.5 Å². The van der Waals surface area contributed by atoms with Crippen molar-refractivity contribution in [3.8, 4) is 11.5 Å². The van der Waals surface area contributed by atoms with E-state index < -0.39 is 0 Å². The maximum absolute atomic E-state index is 6.13. The lowest BCUT2D eigenvalue weighted by Crippen LogP contribution is -2.31. The Labute approximate surface area is 129 Å². The second-order valence-corrected chi connectivity index (χ2v) is 5.80. The van der Waals surface area contributed by atoms with Gasteiger partial charge in [0.15, 0.2) is 0 Å². The molecule has 6 heteroatoms. The van der Waals surface area contributed by atoms with Crippen LogP contribution in [-0.4, -0.2) is 27.7 Å². The lowest BCUT2D eigenvalue weighted by molar-refractivity contribution is 0.330. The fraction of sp³-hybridized carbons (Fsp3) is 0.533. The van der Waals surface area contributed by atoms with E-state index in [1.165, 1.54) is 6.42 Å². The van der Waals surface area contributed by atoms with Gasteiger partial charge in [0.05, 0.1) is 10.9 Å². The number of nitrogens with zero attached hydrogens (tertiary/aromatic N) is 3. The first-order valence-electron chi connectivity index (χ1n) is 7.47. The Bertz CT molecular complexity index is 601. The highest BCUT2D eigenvalue weighted by Crippen LogP contribution is 2.35. The second-order valence-electron chi connectivity index (χ2n) is 5.39. The van der Waals surface area contributed by atoms with Crippen LogP contribution in [0.5, 0.6) is 0 Å². The summed E-state index contributed by atoms with van der Waals surface area (Å²) in [4.78, 5) is 8.74. The molecule has 5 nitrogen and oxygen atoms in total. The lowest BCUT2D eigenvalue weighted by atomic mass is 10.0. The van der Waals surface area contributed by atoms with Gasteiger partial charge in [0.1, 0.15) is 5.69 Å². The molecule has 2 heterocycles. The van der Waals surface area contributed by atoms with Crippen LogP contribution < -0.4 is 5.32 Å². The Hall–Kier alpha value is -1.46. The summed E-state index contributed by atoms with van der Waals surface area (Å²) in [5.74, 6) is 1.45. The highest BCUT2D eigenvalue weighted by molar-refractivity contribution is 6.32. The largest absolute Gasteiger partial charge is 0.339 e. The first-order valence-corrected chi connectivity index (χ1v) is 7.85. The van der Waals surface area contributed by atoms with Crippen LogP contribution in [0.15, 0.2) is 22.9 Å². The fourth-order valence-corrected chi connectivity index (χ4v) is 3.07. The van der Waals surface area contributed by atoms with E-state index in [9.17, 15) is 0 Å². The van der Waals surface area contributed by atoms with Crippen LogP contribution in [0.4, 0.5) is 0 Å². The molecule has 0 aliphatic heterocycles. The van der Waals surface area contributed by atoms with Crippen LogP contribution >= 0.6 is 11.6 Å². The van der Waals surface area contributed by atoms with Gasteiger partial charge in [-0.1, -0.05) is 30.1 Å². The second kappa shape index (κ2) is 6.54. The van der Waals surface area contributed by atoms with Gasteiger partial charge in [-0.3, -0.25) is 4.98 Å². The Balaban J connectivity index is 1.80. The molecule has 21 heavy (non-hydrogen) atoms. The normalized spacial score (nSPS) is 21.8. The van der Waals surface area contributed by atoms with Gasteiger partial charge in [0, 0.05) is 12.2 Å².